The first kappa shape index (κ1) is 20.4. The van der Waals surface area contributed by atoms with Gasteiger partial charge >= 0.3 is 0 Å². The Kier molecular flexibility index (Phi) is 5.04. The van der Waals surface area contributed by atoms with Gasteiger partial charge in [-0.1, -0.05) is 6.07 Å². The lowest BCUT2D eigenvalue weighted by molar-refractivity contribution is -0.232. The minimum Gasteiger partial charge on any atom is -0.507 e. The summed E-state index contributed by atoms with van der Waals surface area (Å²) in [7, 11) is 1.26. The highest BCUT2D eigenvalue weighted by Crippen LogP contribution is 2.45. The van der Waals surface area contributed by atoms with Gasteiger partial charge in [0.25, 0.3) is 0 Å². The number of phenolic OH excluding ortho intramolecular Hbond substituents is 2. The number of aliphatic hydroxyl groups is 4. The van der Waals surface area contributed by atoms with Crippen molar-refractivity contribution in [1.82, 2.24) is 0 Å². The van der Waals surface area contributed by atoms with Gasteiger partial charge in [-0.15, -0.1) is 0 Å². The number of ether oxygens (including phenoxy) is 2. The van der Waals surface area contributed by atoms with Gasteiger partial charge in [0.15, 0.2) is 11.3 Å². The number of rotatable bonds is 3. The molecular formula is C20H20O10. The molecule has 1 aliphatic heterocycles. The van der Waals surface area contributed by atoms with Crippen LogP contribution in [0.25, 0.3) is 21.9 Å². The Bertz CT molecular complexity index is 1170. The lowest BCUT2D eigenvalue weighted by Gasteiger charge is -2.40. The molecule has 5 atom stereocenters. The number of aliphatic hydroxyl groups excluding tert-OH is 4. The molecule has 3 aromatic rings. The molecule has 10 heteroatoms. The molecule has 4 rings (SSSR count). The number of hydrogen-bond acceptors (Lipinski definition) is 10. The number of methoxy groups -OCH3 is 1. The topological polar surface area (TPSA) is 170 Å². The third-order valence-electron chi connectivity index (χ3n) is 5.34. The van der Waals surface area contributed by atoms with Gasteiger partial charge in [-0.2, -0.15) is 0 Å². The van der Waals surface area contributed by atoms with Crippen molar-refractivity contribution in [3.8, 4) is 17.2 Å². The number of benzene rings is 2. The molecule has 0 unspecified atom stereocenters. The van der Waals surface area contributed by atoms with Crippen molar-refractivity contribution in [3.05, 3.63) is 40.1 Å². The average molecular weight is 420 g/mol. The zero-order valence-corrected chi connectivity index (χ0v) is 15.7. The molecular weight excluding hydrogens is 400 g/mol. The molecule has 10 nitrogen and oxygen atoms in total. The molecule has 1 fully saturated rings. The summed E-state index contributed by atoms with van der Waals surface area (Å²) < 4.78 is 16.4. The summed E-state index contributed by atoms with van der Waals surface area (Å²) >= 11 is 0. The van der Waals surface area contributed by atoms with Gasteiger partial charge in [0, 0.05) is 0 Å². The predicted octanol–water partition coefficient (Wildman–Crippen LogP) is -0.119. The molecule has 0 spiro atoms. The van der Waals surface area contributed by atoms with Crippen LogP contribution in [-0.2, 0) is 4.74 Å². The quantitative estimate of drug-likeness (QED) is 0.314. The summed E-state index contributed by atoms with van der Waals surface area (Å²) in [4.78, 5) is 12.9. The van der Waals surface area contributed by atoms with Crippen LogP contribution in [-0.4, -0.2) is 68.8 Å². The van der Waals surface area contributed by atoms with Crippen LogP contribution in [0.2, 0.25) is 0 Å². The van der Waals surface area contributed by atoms with Gasteiger partial charge in [-0.3, -0.25) is 4.79 Å². The van der Waals surface area contributed by atoms with E-state index in [4.69, 9.17) is 13.9 Å². The molecule has 0 amide bonds. The third-order valence-corrected chi connectivity index (χ3v) is 5.34. The van der Waals surface area contributed by atoms with Crippen LogP contribution in [0, 0.1) is 0 Å². The highest BCUT2D eigenvalue weighted by Gasteiger charge is 2.46. The first-order valence-corrected chi connectivity index (χ1v) is 9.09. The van der Waals surface area contributed by atoms with Crippen molar-refractivity contribution in [1.29, 1.82) is 0 Å². The van der Waals surface area contributed by atoms with E-state index in [9.17, 15) is 35.4 Å². The maximum absolute atomic E-state index is 12.9. The first-order valence-electron chi connectivity index (χ1n) is 9.09. The zero-order valence-electron chi connectivity index (χ0n) is 15.7. The summed E-state index contributed by atoms with van der Waals surface area (Å²) in [5.41, 5.74) is -0.971. The van der Waals surface area contributed by atoms with Crippen LogP contribution in [0.3, 0.4) is 0 Å². The van der Waals surface area contributed by atoms with Gasteiger partial charge in [0.2, 0.25) is 5.43 Å². The van der Waals surface area contributed by atoms with Crippen LogP contribution in [0.15, 0.2) is 33.5 Å². The molecule has 2 heterocycles. The monoisotopic (exact) mass is 420 g/mol. The van der Waals surface area contributed by atoms with E-state index in [1.54, 1.807) is 0 Å². The smallest absolute Gasteiger partial charge is 0.204 e. The number of phenols is 2. The van der Waals surface area contributed by atoms with Crippen molar-refractivity contribution in [3.63, 3.8) is 0 Å². The summed E-state index contributed by atoms with van der Waals surface area (Å²) in [5, 5.41) is 60.7. The maximum Gasteiger partial charge on any atom is 0.204 e. The number of aromatic hydroxyl groups is 2. The van der Waals surface area contributed by atoms with Gasteiger partial charge in [0.1, 0.15) is 53.0 Å². The second-order valence-electron chi connectivity index (χ2n) is 7.05. The van der Waals surface area contributed by atoms with E-state index in [-0.39, 0.29) is 39.0 Å². The van der Waals surface area contributed by atoms with Crippen molar-refractivity contribution in [2.75, 3.05) is 13.7 Å². The Labute approximate surface area is 168 Å². The molecule has 0 aliphatic carbocycles. The fourth-order valence-corrected chi connectivity index (χ4v) is 3.77. The fourth-order valence-electron chi connectivity index (χ4n) is 3.77. The summed E-state index contributed by atoms with van der Waals surface area (Å²) in [6.45, 7) is -0.656. The second-order valence-corrected chi connectivity index (χ2v) is 7.05. The first-order chi connectivity index (χ1) is 14.3. The van der Waals surface area contributed by atoms with Crippen LogP contribution >= 0.6 is 0 Å². The van der Waals surface area contributed by atoms with Gasteiger partial charge < -0.3 is 44.5 Å². The lowest BCUT2D eigenvalue weighted by Crippen LogP contribution is -2.55. The normalized spacial score (nSPS) is 26.9. The van der Waals surface area contributed by atoms with Crippen LogP contribution < -0.4 is 10.2 Å². The highest BCUT2D eigenvalue weighted by atomic mass is 16.5. The molecule has 0 radical (unpaired) electrons. The molecule has 1 saturated heterocycles. The molecule has 1 aliphatic rings. The largest absolute Gasteiger partial charge is 0.507 e. The highest BCUT2D eigenvalue weighted by molar-refractivity contribution is 5.96. The summed E-state index contributed by atoms with van der Waals surface area (Å²) in [6, 6.07) is 5.48. The van der Waals surface area contributed by atoms with Crippen molar-refractivity contribution < 1.29 is 44.5 Å². The minimum atomic E-state index is -1.68. The van der Waals surface area contributed by atoms with E-state index in [1.165, 1.54) is 31.4 Å². The van der Waals surface area contributed by atoms with Gasteiger partial charge in [-0.25, -0.2) is 0 Å². The van der Waals surface area contributed by atoms with E-state index < -0.39 is 48.3 Å². The molecule has 0 bridgehead atoms. The van der Waals surface area contributed by atoms with E-state index in [0.717, 1.165) is 0 Å². The minimum absolute atomic E-state index is 0.0210. The van der Waals surface area contributed by atoms with Gasteiger partial charge in [-0.05, 0) is 18.2 Å². The molecule has 1 aromatic heterocycles. The molecule has 160 valence electrons. The number of hydrogen-bond donors (Lipinski definition) is 6. The Hall–Kier alpha value is -2.89. The second kappa shape index (κ2) is 7.42. The summed E-state index contributed by atoms with van der Waals surface area (Å²) in [5.74, 6) is -0.943. The zero-order chi connectivity index (χ0) is 21.7. The average Bonchev–Trinajstić information content (AvgIpc) is 2.73. The molecule has 2 aromatic carbocycles. The molecule has 30 heavy (non-hydrogen) atoms. The van der Waals surface area contributed by atoms with Gasteiger partial charge in [0.05, 0.1) is 24.7 Å². The lowest BCUT2D eigenvalue weighted by atomic mass is 9.89. The van der Waals surface area contributed by atoms with E-state index >= 15 is 0 Å². The molecule has 6 N–H and O–H groups in total. The van der Waals surface area contributed by atoms with Crippen LogP contribution in [0.4, 0.5) is 0 Å². The van der Waals surface area contributed by atoms with Crippen molar-refractivity contribution in [2.24, 2.45) is 0 Å². The standard InChI is InChI=1S/C20H20O10/c1-28-10-5-7-14(23)12-8(22)3-2-4-9(12)29-19(7)16(25)13(10)20-18(27)17(26)15(24)11(6-21)30-20/h2-5,11,15,17-18,20-22,24-27H,6H2,1H3/t11-,15-,17+,18-,20+/m1/s1. The van der Waals surface area contributed by atoms with E-state index in [1.807, 2.05) is 0 Å². The van der Waals surface area contributed by atoms with E-state index in [2.05, 4.69) is 0 Å². The summed E-state index contributed by atoms with van der Waals surface area (Å²) in [6.07, 6.45) is -7.57. The maximum atomic E-state index is 12.9. The fraction of sp³-hybridized carbons (Fsp3) is 0.350. The Morgan fingerprint density at radius 2 is 1.83 bits per heavy atom. The third kappa shape index (κ3) is 2.89. The Morgan fingerprint density at radius 3 is 2.50 bits per heavy atom. The van der Waals surface area contributed by atoms with Crippen molar-refractivity contribution >= 4 is 21.9 Å². The van der Waals surface area contributed by atoms with E-state index in [0.29, 0.717) is 0 Å². The number of fused-ring (bicyclic) bond motifs is 2. The predicted molar refractivity (Wildman–Crippen MR) is 103 cm³/mol. The Balaban J connectivity index is 2.00. The Morgan fingerprint density at radius 1 is 1.10 bits per heavy atom. The SMILES string of the molecule is COc1cc2c(=O)c3c(O)cccc3oc2c(O)c1[C@@H]1O[C@H](CO)[C@@H](O)[C@H](O)[C@H]1O. The molecule has 0 saturated carbocycles. The van der Waals surface area contributed by atoms with Crippen LogP contribution in [0.5, 0.6) is 17.2 Å². The van der Waals surface area contributed by atoms with Crippen LogP contribution in [0.1, 0.15) is 11.7 Å². The van der Waals surface area contributed by atoms with Crippen molar-refractivity contribution in [2.45, 2.75) is 30.5 Å².